The van der Waals surface area contributed by atoms with Gasteiger partial charge in [-0.05, 0) is 55.8 Å². The fourth-order valence-electron chi connectivity index (χ4n) is 3.13. The van der Waals surface area contributed by atoms with E-state index in [1.807, 2.05) is 12.1 Å². The lowest BCUT2D eigenvalue weighted by Gasteiger charge is -2.22. The number of anilines is 3. The van der Waals surface area contributed by atoms with Crippen LogP contribution in [-0.4, -0.2) is 24.2 Å². The topological polar surface area (TPSA) is 63.7 Å². The number of ether oxygens (including phenoxy) is 2. The van der Waals surface area contributed by atoms with Crippen LogP contribution in [0.1, 0.15) is 22.8 Å². The van der Waals surface area contributed by atoms with Gasteiger partial charge in [0.15, 0.2) is 11.5 Å². The Balaban J connectivity index is 1.50. The predicted molar refractivity (Wildman–Crippen MR) is 109 cm³/mol. The van der Waals surface area contributed by atoms with Crippen molar-refractivity contribution in [3.8, 4) is 11.5 Å². The van der Waals surface area contributed by atoms with Crippen LogP contribution in [0.25, 0.3) is 0 Å². The number of pyridine rings is 1. The molecule has 0 saturated heterocycles. The van der Waals surface area contributed by atoms with Gasteiger partial charge in [0.25, 0.3) is 5.91 Å². The van der Waals surface area contributed by atoms with E-state index in [0.29, 0.717) is 22.7 Å². The van der Waals surface area contributed by atoms with Gasteiger partial charge in [-0.2, -0.15) is 0 Å². The number of aryl methyl sites for hydroxylation is 1. The second-order valence-corrected chi connectivity index (χ2v) is 6.51. The molecule has 0 radical (unpaired) electrons. The fourth-order valence-corrected chi connectivity index (χ4v) is 3.13. The van der Waals surface area contributed by atoms with Crippen molar-refractivity contribution in [2.24, 2.45) is 0 Å². The molecular weight excluding hydrogens is 354 g/mol. The van der Waals surface area contributed by atoms with E-state index in [1.165, 1.54) is 5.56 Å². The van der Waals surface area contributed by atoms with Gasteiger partial charge in [-0.3, -0.25) is 4.79 Å². The summed E-state index contributed by atoms with van der Waals surface area (Å²) < 4.78 is 10.6. The van der Waals surface area contributed by atoms with Crippen LogP contribution in [0.15, 0.2) is 60.8 Å². The smallest absolute Gasteiger partial charge is 0.257 e. The highest BCUT2D eigenvalue weighted by Gasteiger charge is 2.15. The second-order valence-electron chi connectivity index (χ2n) is 6.51. The Morgan fingerprint density at radius 3 is 2.71 bits per heavy atom. The number of nitrogens with one attached hydrogen (secondary N) is 1. The van der Waals surface area contributed by atoms with E-state index in [2.05, 4.69) is 47.2 Å². The number of fused-ring (bicyclic) bond motifs is 1. The Hall–Kier alpha value is -3.54. The van der Waals surface area contributed by atoms with E-state index < -0.39 is 0 Å². The van der Waals surface area contributed by atoms with Crippen LogP contribution in [0.2, 0.25) is 0 Å². The summed E-state index contributed by atoms with van der Waals surface area (Å²) in [6.07, 6.45) is 1.59. The average Bonchev–Trinajstić information content (AvgIpc) is 3.17. The zero-order valence-corrected chi connectivity index (χ0v) is 15.8. The first-order valence-electron chi connectivity index (χ1n) is 9.15. The molecular formula is C22H21N3O3. The first-order chi connectivity index (χ1) is 13.6. The summed E-state index contributed by atoms with van der Waals surface area (Å²) in [6.45, 7) is 5.12. The van der Waals surface area contributed by atoms with Gasteiger partial charge < -0.3 is 19.7 Å². The third-order valence-electron chi connectivity index (χ3n) is 4.55. The van der Waals surface area contributed by atoms with Gasteiger partial charge in [0.1, 0.15) is 5.82 Å². The molecule has 1 aromatic heterocycles. The molecule has 6 heteroatoms. The number of benzene rings is 2. The molecule has 1 aliphatic heterocycles. The number of amides is 1. The van der Waals surface area contributed by atoms with Crippen LogP contribution in [0, 0.1) is 6.92 Å². The van der Waals surface area contributed by atoms with Gasteiger partial charge in [-0.15, -0.1) is 0 Å². The highest BCUT2D eigenvalue weighted by Crippen LogP contribution is 2.34. The van der Waals surface area contributed by atoms with E-state index in [4.69, 9.17) is 9.47 Å². The van der Waals surface area contributed by atoms with Crippen LogP contribution < -0.4 is 19.7 Å². The molecule has 0 spiro atoms. The molecule has 1 N–H and O–H groups in total. The quantitative estimate of drug-likeness (QED) is 0.710. The first kappa shape index (κ1) is 17.9. The molecule has 0 bridgehead atoms. The lowest BCUT2D eigenvalue weighted by atomic mass is 10.2. The summed E-state index contributed by atoms with van der Waals surface area (Å²) in [4.78, 5) is 19.1. The Labute approximate surface area is 163 Å². The molecule has 1 amide bonds. The highest BCUT2D eigenvalue weighted by molar-refractivity contribution is 6.04. The maximum Gasteiger partial charge on any atom is 0.257 e. The van der Waals surface area contributed by atoms with Gasteiger partial charge in [-0.1, -0.05) is 12.1 Å². The van der Waals surface area contributed by atoms with Crippen LogP contribution in [0.3, 0.4) is 0 Å². The summed E-state index contributed by atoms with van der Waals surface area (Å²) in [7, 11) is 0. The molecule has 3 aromatic rings. The van der Waals surface area contributed by atoms with Crippen molar-refractivity contribution in [2.45, 2.75) is 13.8 Å². The van der Waals surface area contributed by atoms with E-state index in [9.17, 15) is 4.79 Å². The molecule has 6 nitrogen and oxygen atoms in total. The van der Waals surface area contributed by atoms with Gasteiger partial charge in [0, 0.05) is 30.2 Å². The molecule has 2 aromatic carbocycles. The van der Waals surface area contributed by atoms with Crippen LogP contribution in [0.4, 0.5) is 17.2 Å². The summed E-state index contributed by atoms with van der Waals surface area (Å²) >= 11 is 0. The minimum absolute atomic E-state index is 0.201. The van der Waals surface area contributed by atoms with E-state index >= 15 is 0 Å². The number of aromatic nitrogens is 1. The molecule has 0 fully saturated rings. The van der Waals surface area contributed by atoms with Gasteiger partial charge in [0.2, 0.25) is 6.79 Å². The fraction of sp³-hybridized carbons (Fsp3) is 0.182. The normalized spacial score (nSPS) is 11.9. The van der Waals surface area contributed by atoms with Gasteiger partial charge in [0.05, 0.1) is 5.56 Å². The SMILES string of the molecule is CCN(c1cccc(C)c1)c1ccc(C(=O)Nc2ccc3c(c2)OCO3)cn1. The molecule has 142 valence electrons. The second kappa shape index (κ2) is 7.60. The van der Waals surface area contributed by atoms with Crippen LogP contribution in [0.5, 0.6) is 11.5 Å². The molecule has 0 unspecified atom stereocenters. The minimum Gasteiger partial charge on any atom is -0.454 e. The predicted octanol–water partition coefficient (Wildman–Crippen LogP) is 4.53. The Kier molecular flexibility index (Phi) is 4.85. The third-order valence-corrected chi connectivity index (χ3v) is 4.55. The van der Waals surface area contributed by atoms with Crippen LogP contribution in [-0.2, 0) is 0 Å². The standard InChI is InChI=1S/C22H21N3O3/c1-3-25(18-6-4-5-15(2)11-18)21-10-7-16(13-23-21)22(26)24-17-8-9-19-20(12-17)28-14-27-19/h4-13H,3,14H2,1-2H3,(H,24,26). The van der Waals surface area contributed by atoms with Gasteiger partial charge >= 0.3 is 0 Å². The Bertz CT molecular complexity index is 1000. The van der Waals surface area contributed by atoms with E-state index in [1.54, 1.807) is 30.5 Å². The molecule has 2 heterocycles. The Morgan fingerprint density at radius 2 is 1.96 bits per heavy atom. The van der Waals surface area contributed by atoms with Crippen molar-refractivity contribution in [3.05, 3.63) is 71.9 Å². The van der Waals surface area contributed by atoms with Crippen molar-refractivity contribution < 1.29 is 14.3 Å². The monoisotopic (exact) mass is 375 g/mol. The number of carbonyl (C=O) groups excluding carboxylic acids is 1. The molecule has 28 heavy (non-hydrogen) atoms. The number of nitrogens with zero attached hydrogens (tertiary/aromatic N) is 2. The maximum absolute atomic E-state index is 12.5. The first-order valence-corrected chi connectivity index (χ1v) is 9.15. The van der Waals surface area contributed by atoms with Crippen molar-refractivity contribution in [2.75, 3.05) is 23.6 Å². The third kappa shape index (κ3) is 3.62. The number of hydrogen-bond donors (Lipinski definition) is 1. The Morgan fingerprint density at radius 1 is 1.11 bits per heavy atom. The van der Waals surface area contributed by atoms with Crippen molar-refractivity contribution in [1.29, 1.82) is 0 Å². The zero-order chi connectivity index (χ0) is 19.5. The van der Waals surface area contributed by atoms with Crippen molar-refractivity contribution >= 4 is 23.1 Å². The van der Waals surface area contributed by atoms with Gasteiger partial charge in [-0.25, -0.2) is 4.98 Å². The maximum atomic E-state index is 12.5. The van der Waals surface area contributed by atoms with E-state index in [0.717, 1.165) is 18.1 Å². The lowest BCUT2D eigenvalue weighted by Crippen LogP contribution is -2.18. The summed E-state index contributed by atoms with van der Waals surface area (Å²) in [5, 5.41) is 2.86. The summed E-state index contributed by atoms with van der Waals surface area (Å²) in [5.41, 5.74) is 3.40. The number of carbonyl (C=O) groups is 1. The van der Waals surface area contributed by atoms with Crippen molar-refractivity contribution in [1.82, 2.24) is 4.98 Å². The summed E-state index contributed by atoms with van der Waals surface area (Å²) in [6, 6.07) is 17.2. The molecule has 4 rings (SSSR count). The summed E-state index contributed by atoms with van der Waals surface area (Å²) in [5.74, 6) is 1.88. The highest BCUT2D eigenvalue weighted by atomic mass is 16.7. The van der Waals surface area contributed by atoms with E-state index in [-0.39, 0.29) is 12.7 Å². The zero-order valence-electron chi connectivity index (χ0n) is 15.8. The molecule has 0 aliphatic carbocycles. The molecule has 0 saturated carbocycles. The van der Waals surface area contributed by atoms with Crippen molar-refractivity contribution in [3.63, 3.8) is 0 Å². The average molecular weight is 375 g/mol. The molecule has 1 aliphatic rings. The number of hydrogen-bond acceptors (Lipinski definition) is 5. The number of rotatable bonds is 5. The molecule has 0 atom stereocenters. The van der Waals surface area contributed by atoms with Crippen LogP contribution >= 0.6 is 0 Å². The minimum atomic E-state index is -0.225. The lowest BCUT2D eigenvalue weighted by molar-refractivity contribution is 0.102. The largest absolute Gasteiger partial charge is 0.454 e.